The maximum absolute atomic E-state index is 6.17. The number of para-hydroxylation sites is 1. The average Bonchev–Trinajstić information content (AvgIpc) is 3.03. The van der Waals surface area contributed by atoms with E-state index in [-0.39, 0.29) is 18.3 Å². The first-order valence-electron chi connectivity index (χ1n) is 7.67. The standard InChI is InChI=1S/C16H21BN2O2/c1-15(2)16(3,4)21-17(20-15)12-9-14(12)19-13-8-6-5-7-11(13)10-18-19/h5-8,10,12,14H,9H2,1-4H3/t12-,14-/m0/s1. The molecule has 0 unspecified atom stereocenters. The van der Waals surface area contributed by atoms with Gasteiger partial charge in [0, 0.05) is 11.2 Å². The van der Waals surface area contributed by atoms with Crippen molar-refractivity contribution in [2.75, 3.05) is 0 Å². The summed E-state index contributed by atoms with van der Waals surface area (Å²) in [5, 5.41) is 5.75. The fraction of sp³-hybridized carbons (Fsp3) is 0.562. The molecule has 2 fully saturated rings. The van der Waals surface area contributed by atoms with Crippen molar-refractivity contribution < 1.29 is 9.31 Å². The Labute approximate surface area is 125 Å². The molecule has 1 aromatic carbocycles. The van der Waals surface area contributed by atoms with E-state index >= 15 is 0 Å². The van der Waals surface area contributed by atoms with Gasteiger partial charge in [0.05, 0.1) is 29.0 Å². The normalized spacial score (nSPS) is 30.0. The minimum absolute atomic E-state index is 0.122. The molecule has 0 spiro atoms. The summed E-state index contributed by atoms with van der Waals surface area (Å²) in [5.41, 5.74) is 0.690. The summed E-state index contributed by atoms with van der Waals surface area (Å²) >= 11 is 0. The van der Waals surface area contributed by atoms with E-state index in [0.29, 0.717) is 11.9 Å². The van der Waals surface area contributed by atoms with Crippen molar-refractivity contribution in [3.8, 4) is 0 Å². The van der Waals surface area contributed by atoms with E-state index in [1.807, 2.05) is 12.3 Å². The van der Waals surface area contributed by atoms with Gasteiger partial charge in [-0.2, -0.15) is 5.10 Å². The van der Waals surface area contributed by atoms with Crippen LogP contribution in [0.1, 0.15) is 40.2 Å². The van der Waals surface area contributed by atoms with Crippen LogP contribution in [0.2, 0.25) is 5.82 Å². The van der Waals surface area contributed by atoms with Gasteiger partial charge in [-0.05, 0) is 40.2 Å². The second-order valence-electron chi connectivity index (χ2n) is 7.24. The Morgan fingerprint density at radius 1 is 1.14 bits per heavy atom. The quantitative estimate of drug-likeness (QED) is 0.792. The van der Waals surface area contributed by atoms with Crippen LogP contribution in [0.25, 0.3) is 10.9 Å². The van der Waals surface area contributed by atoms with Gasteiger partial charge in [-0.1, -0.05) is 18.2 Å². The maximum atomic E-state index is 6.17. The van der Waals surface area contributed by atoms with Crippen LogP contribution < -0.4 is 0 Å². The predicted molar refractivity (Wildman–Crippen MR) is 83.2 cm³/mol. The van der Waals surface area contributed by atoms with E-state index in [1.54, 1.807) is 0 Å². The van der Waals surface area contributed by atoms with Crippen molar-refractivity contribution in [2.45, 2.75) is 57.2 Å². The highest BCUT2D eigenvalue weighted by atomic mass is 16.7. The molecule has 2 aromatic rings. The van der Waals surface area contributed by atoms with Gasteiger partial charge in [0.25, 0.3) is 0 Å². The van der Waals surface area contributed by atoms with E-state index in [1.165, 1.54) is 10.9 Å². The molecule has 0 bridgehead atoms. The largest absolute Gasteiger partial charge is 0.463 e. The minimum atomic E-state index is -0.253. The molecule has 1 saturated heterocycles. The Morgan fingerprint density at radius 3 is 2.52 bits per heavy atom. The van der Waals surface area contributed by atoms with Crippen molar-refractivity contribution >= 4 is 18.0 Å². The van der Waals surface area contributed by atoms with E-state index in [9.17, 15) is 0 Å². The summed E-state index contributed by atoms with van der Waals surface area (Å²) in [6.07, 6.45) is 3.01. The molecule has 1 aromatic heterocycles. The Hall–Kier alpha value is -1.33. The van der Waals surface area contributed by atoms with Gasteiger partial charge in [-0.15, -0.1) is 0 Å². The summed E-state index contributed by atoms with van der Waals surface area (Å²) in [6, 6.07) is 8.73. The third-order valence-electron chi connectivity index (χ3n) is 5.24. The van der Waals surface area contributed by atoms with Gasteiger partial charge < -0.3 is 9.31 Å². The summed E-state index contributed by atoms with van der Waals surface area (Å²) in [4.78, 5) is 0. The van der Waals surface area contributed by atoms with Gasteiger partial charge in [0.15, 0.2) is 0 Å². The Balaban J connectivity index is 1.57. The molecule has 1 saturated carbocycles. The zero-order chi connectivity index (χ0) is 14.8. The number of hydrogen-bond donors (Lipinski definition) is 0. The van der Waals surface area contributed by atoms with Gasteiger partial charge >= 0.3 is 7.12 Å². The van der Waals surface area contributed by atoms with Crippen LogP contribution in [0, 0.1) is 0 Å². The van der Waals surface area contributed by atoms with Gasteiger partial charge in [-0.3, -0.25) is 4.68 Å². The molecule has 2 aliphatic rings. The lowest BCUT2D eigenvalue weighted by Gasteiger charge is -2.32. The maximum Gasteiger partial charge on any atom is 0.463 e. The second-order valence-corrected chi connectivity index (χ2v) is 7.24. The first-order chi connectivity index (χ1) is 9.89. The number of nitrogens with zero attached hydrogens (tertiary/aromatic N) is 2. The van der Waals surface area contributed by atoms with Crippen molar-refractivity contribution in [3.63, 3.8) is 0 Å². The summed E-state index contributed by atoms with van der Waals surface area (Å²) in [6.45, 7) is 8.42. The van der Waals surface area contributed by atoms with Crippen LogP contribution in [-0.2, 0) is 9.31 Å². The Kier molecular flexibility index (Phi) is 2.61. The van der Waals surface area contributed by atoms with Crippen LogP contribution in [-0.4, -0.2) is 28.1 Å². The van der Waals surface area contributed by atoms with Crippen LogP contribution in [0.3, 0.4) is 0 Å². The van der Waals surface area contributed by atoms with E-state index in [4.69, 9.17) is 9.31 Å². The predicted octanol–water partition coefficient (Wildman–Crippen LogP) is 3.44. The van der Waals surface area contributed by atoms with Crippen molar-refractivity contribution in [1.82, 2.24) is 9.78 Å². The zero-order valence-electron chi connectivity index (χ0n) is 13.0. The summed E-state index contributed by atoms with van der Waals surface area (Å²) in [5.74, 6) is 0.398. The molecule has 0 amide bonds. The fourth-order valence-corrected chi connectivity index (χ4v) is 3.09. The van der Waals surface area contributed by atoms with Crippen molar-refractivity contribution in [1.29, 1.82) is 0 Å². The number of fused-ring (bicyclic) bond motifs is 1. The molecule has 0 N–H and O–H groups in total. The third-order valence-corrected chi connectivity index (χ3v) is 5.24. The average molecular weight is 284 g/mol. The van der Waals surface area contributed by atoms with E-state index in [2.05, 4.69) is 55.7 Å². The van der Waals surface area contributed by atoms with Gasteiger partial charge in [0.2, 0.25) is 0 Å². The number of benzene rings is 1. The first kappa shape index (κ1) is 13.3. The Morgan fingerprint density at radius 2 is 1.81 bits per heavy atom. The lowest BCUT2D eigenvalue weighted by atomic mass is 9.81. The highest BCUT2D eigenvalue weighted by Crippen LogP contribution is 2.56. The van der Waals surface area contributed by atoms with E-state index < -0.39 is 0 Å². The first-order valence-corrected chi connectivity index (χ1v) is 7.67. The van der Waals surface area contributed by atoms with E-state index in [0.717, 1.165) is 6.42 Å². The molecule has 1 aliphatic carbocycles. The van der Waals surface area contributed by atoms with Crippen LogP contribution in [0.5, 0.6) is 0 Å². The lowest BCUT2D eigenvalue weighted by Crippen LogP contribution is -2.41. The number of rotatable bonds is 2. The van der Waals surface area contributed by atoms with Crippen molar-refractivity contribution in [2.24, 2.45) is 0 Å². The molecule has 2 atom stereocenters. The van der Waals surface area contributed by atoms with Crippen molar-refractivity contribution in [3.05, 3.63) is 30.5 Å². The number of hydrogen-bond acceptors (Lipinski definition) is 3. The number of aromatic nitrogens is 2. The molecule has 4 nitrogen and oxygen atoms in total. The molecular formula is C16H21BN2O2. The lowest BCUT2D eigenvalue weighted by molar-refractivity contribution is 0.00578. The van der Waals surface area contributed by atoms with Crippen LogP contribution in [0.4, 0.5) is 0 Å². The highest BCUT2D eigenvalue weighted by molar-refractivity contribution is 6.48. The molecule has 110 valence electrons. The van der Waals surface area contributed by atoms with Crippen LogP contribution in [0.15, 0.2) is 30.5 Å². The SMILES string of the molecule is CC1(C)OB([C@H]2C[C@@H]2n2ncc3ccccc32)OC1(C)C. The van der Waals surface area contributed by atoms with Gasteiger partial charge in [0.1, 0.15) is 0 Å². The molecule has 4 rings (SSSR count). The monoisotopic (exact) mass is 284 g/mol. The smallest absolute Gasteiger partial charge is 0.403 e. The topological polar surface area (TPSA) is 36.3 Å². The molecule has 1 aliphatic heterocycles. The highest BCUT2D eigenvalue weighted by Gasteiger charge is 2.60. The summed E-state index contributed by atoms with van der Waals surface area (Å²) in [7, 11) is -0.122. The molecule has 0 radical (unpaired) electrons. The Bertz CT molecular complexity index is 678. The zero-order valence-corrected chi connectivity index (χ0v) is 13.0. The molecule has 21 heavy (non-hydrogen) atoms. The molecule has 5 heteroatoms. The minimum Gasteiger partial charge on any atom is -0.403 e. The fourth-order valence-electron chi connectivity index (χ4n) is 3.09. The third kappa shape index (κ3) is 1.94. The molecule has 2 heterocycles. The van der Waals surface area contributed by atoms with Gasteiger partial charge in [-0.25, -0.2) is 0 Å². The molecular weight excluding hydrogens is 263 g/mol. The summed E-state index contributed by atoms with van der Waals surface area (Å²) < 4.78 is 14.5. The van der Waals surface area contributed by atoms with Crippen LogP contribution >= 0.6 is 0 Å². The second kappa shape index (κ2) is 4.11.